The number of nitrogens with zero attached hydrogens (tertiary/aromatic N) is 1. The molecule has 2 heterocycles. The molecule has 2 atom stereocenters. The van der Waals surface area contributed by atoms with Gasteiger partial charge in [0.05, 0.1) is 6.04 Å². The van der Waals surface area contributed by atoms with Crippen molar-refractivity contribution >= 4 is 22.4 Å². The molecule has 0 spiro atoms. The van der Waals surface area contributed by atoms with Crippen molar-refractivity contribution in [3.05, 3.63) is 36.7 Å². The lowest BCUT2D eigenvalue weighted by Crippen LogP contribution is -2.45. The summed E-state index contributed by atoms with van der Waals surface area (Å²) in [7, 11) is 0. The molecule has 4 heteroatoms. The molecule has 20 heavy (non-hydrogen) atoms. The molecule has 1 amide bonds. The van der Waals surface area contributed by atoms with Crippen LogP contribution in [-0.2, 0) is 4.79 Å². The van der Waals surface area contributed by atoms with Gasteiger partial charge < -0.3 is 10.6 Å². The molecule has 104 valence electrons. The summed E-state index contributed by atoms with van der Waals surface area (Å²) in [5, 5.41) is 8.40. The van der Waals surface area contributed by atoms with Gasteiger partial charge in [0.15, 0.2) is 0 Å². The Bertz CT molecular complexity index is 621. The second-order valence-electron chi connectivity index (χ2n) is 5.53. The molecule has 1 aromatic carbocycles. The lowest BCUT2D eigenvalue weighted by molar-refractivity contribution is -0.119. The lowest BCUT2D eigenvalue weighted by atomic mass is 9.94. The third-order valence-corrected chi connectivity index (χ3v) is 3.92. The molecule has 0 saturated carbocycles. The number of piperidine rings is 1. The summed E-state index contributed by atoms with van der Waals surface area (Å²) >= 11 is 0. The van der Waals surface area contributed by atoms with Gasteiger partial charge in [-0.1, -0.05) is 19.1 Å². The smallest absolute Gasteiger partial charge is 0.241 e. The van der Waals surface area contributed by atoms with E-state index >= 15 is 0 Å². The van der Waals surface area contributed by atoms with E-state index < -0.39 is 0 Å². The second-order valence-corrected chi connectivity index (χ2v) is 5.53. The molecule has 2 aromatic rings. The highest BCUT2D eigenvalue weighted by atomic mass is 16.2. The molecule has 0 aliphatic carbocycles. The summed E-state index contributed by atoms with van der Waals surface area (Å²) < 4.78 is 0. The largest absolute Gasteiger partial charge is 0.324 e. The molecule has 1 aliphatic heterocycles. The minimum atomic E-state index is -0.0872. The summed E-state index contributed by atoms with van der Waals surface area (Å²) in [4.78, 5) is 16.5. The minimum absolute atomic E-state index is 0.0564. The molecule has 1 aliphatic rings. The minimum Gasteiger partial charge on any atom is -0.324 e. The molecule has 1 saturated heterocycles. The van der Waals surface area contributed by atoms with Crippen LogP contribution < -0.4 is 10.6 Å². The van der Waals surface area contributed by atoms with E-state index in [2.05, 4.69) is 22.5 Å². The van der Waals surface area contributed by atoms with E-state index in [1.54, 1.807) is 6.20 Å². The highest BCUT2D eigenvalue weighted by Gasteiger charge is 2.24. The first-order valence-electron chi connectivity index (χ1n) is 7.11. The monoisotopic (exact) mass is 269 g/mol. The van der Waals surface area contributed by atoms with E-state index in [-0.39, 0.29) is 11.9 Å². The number of pyridine rings is 1. The van der Waals surface area contributed by atoms with E-state index in [0.29, 0.717) is 5.92 Å². The van der Waals surface area contributed by atoms with Gasteiger partial charge >= 0.3 is 0 Å². The van der Waals surface area contributed by atoms with Crippen molar-refractivity contribution in [1.82, 2.24) is 10.3 Å². The quantitative estimate of drug-likeness (QED) is 0.881. The number of amides is 1. The van der Waals surface area contributed by atoms with Crippen molar-refractivity contribution < 1.29 is 4.79 Å². The van der Waals surface area contributed by atoms with E-state index in [4.69, 9.17) is 0 Å². The SMILES string of the molecule is CC1CCNC(C(=O)Nc2cccc3cnccc23)C1. The fourth-order valence-corrected chi connectivity index (χ4v) is 2.76. The zero-order valence-corrected chi connectivity index (χ0v) is 11.6. The number of rotatable bonds is 2. The van der Waals surface area contributed by atoms with Crippen LogP contribution in [0.4, 0.5) is 5.69 Å². The van der Waals surface area contributed by atoms with Gasteiger partial charge in [-0.3, -0.25) is 9.78 Å². The number of nitrogens with one attached hydrogen (secondary N) is 2. The molecule has 1 fully saturated rings. The third kappa shape index (κ3) is 2.65. The van der Waals surface area contributed by atoms with E-state index in [1.807, 2.05) is 30.5 Å². The summed E-state index contributed by atoms with van der Waals surface area (Å²) in [6.45, 7) is 3.11. The maximum atomic E-state index is 12.4. The van der Waals surface area contributed by atoms with Crippen LogP contribution in [0.3, 0.4) is 0 Å². The predicted octanol–water partition coefficient (Wildman–Crippen LogP) is 2.56. The Kier molecular flexibility index (Phi) is 3.65. The van der Waals surface area contributed by atoms with Crippen LogP contribution in [0.15, 0.2) is 36.7 Å². The number of carbonyl (C=O) groups excluding carboxylic acids is 1. The summed E-state index contributed by atoms with van der Waals surface area (Å²) in [5.74, 6) is 0.657. The number of fused-ring (bicyclic) bond motifs is 1. The van der Waals surface area contributed by atoms with E-state index in [9.17, 15) is 4.79 Å². The number of hydrogen-bond donors (Lipinski definition) is 2. The maximum absolute atomic E-state index is 12.4. The molecule has 2 N–H and O–H groups in total. The van der Waals surface area contributed by atoms with Crippen LogP contribution >= 0.6 is 0 Å². The van der Waals surface area contributed by atoms with Crippen molar-refractivity contribution in [2.45, 2.75) is 25.8 Å². The Morgan fingerprint density at radius 3 is 3.15 bits per heavy atom. The van der Waals surface area contributed by atoms with Gasteiger partial charge in [0.25, 0.3) is 0 Å². The molecule has 3 rings (SSSR count). The number of benzene rings is 1. The van der Waals surface area contributed by atoms with E-state index in [1.165, 1.54) is 0 Å². The zero-order valence-electron chi connectivity index (χ0n) is 11.6. The van der Waals surface area contributed by atoms with Crippen LogP contribution in [0.2, 0.25) is 0 Å². The highest BCUT2D eigenvalue weighted by Crippen LogP contribution is 2.23. The topological polar surface area (TPSA) is 54.0 Å². The molecule has 0 bridgehead atoms. The molecular formula is C16H19N3O. The number of aromatic nitrogens is 1. The summed E-state index contributed by atoms with van der Waals surface area (Å²) in [5.41, 5.74) is 0.856. The number of carbonyl (C=O) groups is 1. The molecule has 4 nitrogen and oxygen atoms in total. The van der Waals surface area contributed by atoms with Gasteiger partial charge in [-0.25, -0.2) is 0 Å². The molecular weight excluding hydrogens is 250 g/mol. The highest BCUT2D eigenvalue weighted by molar-refractivity contribution is 6.03. The predicted molar refractivity (Wildman–Crippen MR) is 80.6 cm³/mol. The molecule has 0 radical (unpaired) electrons. The second kappa shape index (κ2) is 5.59. The Morgan fingerprint density at radius 1 is 1.40 bits per heavy atom. The van der Waals surface area contributed by atoms with Crippen molar-refractivity contribution in [1.29, 1.82) is 0 Å². The lowest BCUT2D eigenvalue weighted by Gasteiger charge is -2.27. The van der Waals surface area contributed by atoms with Crippen LogP contribution in [0.5, 0.6) is 0 Å². The Balaban J connectivity index is 1.80. The zero-order chi connectivity index (χ0) is 13.9. The normalized spacial score (nSPS) is 22.6. The Labute approximate surface area is 118 Å². The standard InChI is InChI=1S/C16H19N3O/c1-11-5-8-18-15(9-11)16(20)19-14-4-2-3-12-10-17-7-6-13(12)14/h2-4,6-7,10-11,15,18H,5,8-9H2,1H3,(H,19,20). The van der Waals surface area contributed by atoms with Gasteiger partial charge in [-0.2, -0.15) is 0 Å². The molecule has 2 unspecified atom stereocenters. The van der Waals surface area contributed by atoms with Crippen molar-refractivity contribution in [2.24, 2.45) is 5.92 Å². The number of hydrogen-bond acceptors (Lipinski definition) is 3. The van der Waals surface area contributed by atoms with E-state index in [0.717, 1.165) is 35.8 Å². The van der Waals surface area contributed by atoms with Gasteiger partial charge in [0, 0.05) is 28.9 Å². The van der Waals surface area contributed by atoms with Crippen molar-refractivity contribution in [2.75, 3.05) is 11.9 Å². The fraction of sp³-hybridized carbons (Fsp3) is 0.375. The fourth-order valence-electron chi connectivity index (χ4n) is 2.76. The number of anilines is 1. The van der Waals surface area contributed by atoms with Crippen LogP contribution in [0.1, 0.15) is 19.8 Å². The van der Waals surface area contributed by atoms with Gasteiger partial charge in [-0.05, 0) is 37.4 Å². The summed E-state index contributed by atoms with van der Waals surface area (Å²) in [6, 6.07) is 7.72. The van der Waals surface area contributed by atoms with Crippen LogP contribution in [0.25, 0.3) is 10.8 Å². The Morgan fingerprint density at radius 2 is 2.30 bits per heavy atom. The third-order valence-electron chi connectivity index (χ3n) is 3.92. The van der Waals surface area contributed by atoms with Crippen molar-refractivity contribution in [3.8, 4) is 0 Å². The maximum Gasteiger partial charge on any atom is 0.241 e. The average Bonchev–Trinajstić information content (AvgIpc) is 2.47. The van der Waals surface area contributed by atoms with Gasteiger partial charge in [0.2, 0.25) is 5.91 Å². The average molecular weight is 269 g/mol. The van der Waals surface area contributed by atoms with Crippen LogP contribution in [-0.4, -0.2) is 23.5 Å². The first kappa shape index (κ1) is 13.1. The van der Waals surface area contributed by atoms with Crippen molar-refractivity contribution in [3.63, 3.8) is 0 Å². The summed E-state index contributed by atoms with van der Waals surface area (Å²) in [6.07, 6.45) is 5.60. The Hall–Kier alpha value is -1.94. The van der Waals surface area contributed by atoms with Crippen LogP contribution in [0, 0.1) is 5.92 Å². The first-order valence-corrected chi connectivity index (χ1v) is 7.11. The molecule has 1 aromatic heterocycles. The first-order chi connectivity index (χ1) is 9.74. The van der Waals surface area contributed by atoms with Gasteiger partial charge in [0.1, 0.15) is 0 Å². The van der Waals surface area contributed by atoms with Gasteiger partial charge in [-0.15, -0.1) is 0 Å².